The molecule has 0 aromatic rings. The van der Waals surface area contributed by atoms with Crippen LogP contribution in [0.1, 0.15) is 71.1 Å². The minimum absolute atomic E-state index is 0.0530. The van der Waals surface area contributed by atoms with Gasteiger partial charge < -0.3 is 0 Å². The molecule has 0 saturated heterocycles. The van der Waals surface area contributed by atoms with Gasteiger partial charge in [-0.3, -0.25) is 19.4 Å². The third-order valence-electron chi connectivity index (χ3n) is 5.44. The predicted molar refractivity (Wildman–Crippen MR) is 132 cm³/mol. The summed E-state index contributed by atoms with van der Waals surface area (Å²) in [6, 6.07) is 0.546. The molecule has 0 saturated carbocycles. The van der Waals surface area contributed by atoms with Crippen LogP contribution in [0.4, 0.5) is 25.2 Å². The maximum atomic E-state index is 11.2. The number of thioether (sulfide) groups is 1. The molecule has 2 N–H and O–H groups in total. The van der Waals surface area contributed by atoms with Crippen molar-refractivity contribution in [3.8, 4) is 0 Å². The molecule has 212 valence electrons. The normalized spacial score (nSPS) is 22.6. The van der Waals surface area contributed by atoms with Crippen molar-refractivity contribution in [1.82, 2.24) is 10.6 Å². The van der Waals surface area contributed by atoms with Gasteiger partial charge in [0.05, 0.1) is 32.0 Å². The van der Waals surface area contributed by atoms with Gasteiger partial charge in [-0.15, -0.1) is 0 Å². The minimum atomic E-state index is -10.7. The molecular weight excluding hydrogens is 539 g/mol. The van der Waals surface area contributed by atoms with Gasteiger partial charge in [-0.1, -0.05) is 51.9 Å². The van der Waals surface area contributed by atoms with Crippen molar-refractivity contribution in [3.05, 3.63) is 0 Å². The predicted octanol–water partition coefficient (Wildman–Crippen LogP) is 6.31. The summed E-state index contributed by atoms with van der Waals surface area (Å²) in [5.74, 6) is 3.45. The topological polar surface area (TPSA) is 70.4 Å². The first-order valence-corrected chi connectivity index (χ1v) is 17.1. The number of halogens is 6. The number of nitrogens with one attached hydrogen (secondary N) is 2. The van der Waals surface area contributed by atoms with Crippen molar-refractivity contribution < 1.29 is 42.4 Å². The summed E-state index contributed by atoms with van der Waals surface area (Å²) in [5, 5.41) is 7.05. The fraction of sp³-hybridized carbons (Fsp3) is 0.950. The van der Waals surface area contributed by atoms with Crippen LogP contribution < -0.4 is 10.6 Å². The molecule has 0 aliphatic carbocycles. The van der Waals surface area contributed by atoms with Crippen molar-refractivity contribution in [3.63, 3.8) is 0 Å². The molecule has 0 fully saturated rings. The number of hydrogen-bond donors (Lipinski definition) is 2. The van der Waals surface area contributed by atoms with Gasteiger partial charge in [-0.25, -0.2) is 0 Å². The van der Waals surface area contributed by atoms with Crippen LogP contribution in [0.5, 0.6) is 0 Å². The first-order chi connectivity index (χ1) is 15.9. The molecule has 6 nitrogen and oxygen atoms in total. The van der Waals surface area contributed by atoms with E-state index in [9.17, 15) is 33.6 Å². The first kappa shape index (κ1) is 32.6. The van der Waals surface area contributed by atoms with Crippen LogP contribution in [-0.2, 0) is 14.3 Å². The molecule has 2 atom stereocenters. The summed E-state index contributed by atoms with van der Waals surface area (Å²) < 4.78 is 88.9. The second-order valence-electron chi connectivity index (χ2n) is 9.09. The van der Waals surface area contributed by atoms with Crippen molar-refractivity contribution in [2.45, 2.75) is 83.2 Å². The quantitative estimate of drug-likeness (QED) is 0.0827. The Labute approximate surface area is 209 Å². The van der Waals surface area contributed by atoms with Gasteiger partial charge in [0.25, 0.3) is 10.1 Å². The van der Waals surface area contributed by atoms with Crippen LogP contribution in [0.2, 0.25) is 0 Å². The van der Waals surface area contributed by atoms with Crippen molar-refractivity contribution >= 4 is 35.6 Å². The molecule has 0 spiro atoms. The van der Waals surface area contributed by atoms with Crippen molar-refractivity contribution in [2.24, 2.45) is 0 Å². The van der Waals surface area contributed by atoms with Crippen LogP contribution in [0.25, 0.3) is 0 Å². The van der Waals surface area contributed by atoms with E-state index in [2.05, 4.69) is 33.9 Å². The number of unbranched alkanes of at least 4 members (excludes halogenated alkanes) is 7. The van der Waals surface area contributed by atoms with Crippen LogP contribution in [0.3, 0.4) is 0 Å². The number of nitrogens with zero attached hydrogens (tertiary/aromatic N) is 1. The molecule has 0 unspecified atom stereocenters. The molecule has 35 heavy (non-hydrogen) atoms. The molecule has 2 heterocycles. The van der Waals surface area contributed by atoms with E-state index < -0.39 is 17.9 Å². The van der Waals surface area contributed by atoms with E-state index in [1.54, 1.807) is 0 Å². The fourth-order valence-corrected chi connectivity index (χ4v) is 5.25. The van der Waals surface area contributed by atoms with Crippen LogP contribution in [0.15, 0.2) is 0 Å². The Balaban J connectivity index is 0.000000762. The summed E-state index contributed by atoms with van der Waals surface area (Å²) in [4.78, 5) is 0. The van der Waals surface area contributed by atoms with E-state index in [0.29, 0.717) is 6.04 Å². The van der Waals surface area contributed by atoms with Gasteiger partial charge >= 0.3 is 38.9 Å². The Morgan fingerprint density at radius 3 is 1.94 bits per heavy atom. The zero-order valence-electron chi connectivity index (χ0n) is 20.5. The van der Waals surface area contributed by atoms with Crippen molar-refractivity contribution in [1.29, 1.82) is 0 Å². The maximum absolute atomic E-state index is 11.2. The molecule has 2 aliphatic heterocycles. The van der Waals surface area contributed by atoms with Crippen LogP contribution in [-0.4, -0.2) is 68.5 Å². The molecule has 2 aliphatic rings. The molecule has 0 bridgehead atoms. The molecule has 0 aromatic heterocycles. The molecule has 15 heteroatoms. The summed E-state index contributed by atoms with van der Waals surface area (Å²) in [6.45, 7) is 4.49. The van der Waals surface area contributed by atoms with Gasteiger partial charge in [-0.2, -0.15) is 20.2 Å². The van der Waals surface area contributed by atoms with Crippen LogP contribution >= 0.6 is 19.6 Å². The van der Waals surface area contributed by atoms with Crippen LogP contribution in [0, 0.1) is 0 Å². The Kier molecular flexibility index (Phi) is 12.4. The van der Waals surface area contributed by atoms with Gasteiger partial charge in [0.2, 0.25) is 0 Å². The second kappa shape index (κ2) is 13.4. The van der Waals surface area contributed by atoms with Gasteiger partial charge in [0.1, 0.15) is 6.04 Å². The molecular formula is C20H40F6N3O3PS2. The summed E-state index contributed by atoms with van der Waals surface area (Å²) in [6.07, 6.45) is 14.2. The standard InChI is InChI=1S/C20H39N3O3S2.F6P/c1-3-4-5-6-7-8-9-10-15-27-17-19-12-14-23-13-11-18(21-20(23)22-19)16-26-28(2,24)25;1-7(2,3,4,5)6/h18-19H,3-17H2,1-2H3,(H,21,22);/q;-1/p+1/t18-,19-;/m1./s1. The van der Waals surface area contributed by atoms with E-state index in [0.717, 1.165) is 37.5 Å². The van der Waals surface area contributed by atoms with E-state index >= 15 is 0 Å². The Hall–Kier alpha value is -0.460. The zero-order valence-corrected chi connectivity index (χ0v) is 23.0. The molecule has 0 aromatic carbocycles. The Morgan fingerprint density at radius 1 is 0.914 bits per heavy atom. The van der Waals surface area contributed by atoms with Gasteiger partial charge in [0, 0.05) is 18.6 Å². The molecule has 0 amide bonds. The van der Waals surface area contributed by atoms with Gasteiger partial charge in [-0.05, 0) is 12.2 Å². The Bertz CT molecular complexity index is 771. The van der Waals surface area contributed by atoms with E-state index in [1.807, 2.05) is 0 Å². The third-order valence-corrected chi connectivity index (χ3v) is 7.22. The number of guanidine groups is 1. The average molecular weight is 580 g/mol. The molecule has 2 rings (SSSR count). The number of rotatable bonds is 14. The SMILES string of the molecule is CCCCCCCCCCSC[C@H]1CC[N+]2=C(N[C@@H](COS(C)(=O)=O)CC2)N1.F[P-](F)(F)(F)(F)F. The zero-order chi connectivity index (χ0) is 26.7. The number of hydrogen-bond acceptors (Lipinski definition) is 6. The fourth-order valence-electron chi connectivity index (χ4n) is 3.73. The Morgan fingerprint density at radius 2 is 1.40 bits per heavy atom. The first-order valence-electron chi connectivity index (χ1n) is 12.1. The summed E-state index contributed by atoms with van der Waals surface area (Å²) in [7, 11) is -14.0. The van der Waals surface area contributed by atoms with E-state index in [-0.39, 0.29) is 12.6 Å². The summed E-state index contributed by atoms with van der Waals surface area (Å²) >= 11 is 2.06. The third kappa shape index (κ3) is 21.3. The summed E-state index contributed by atoms with van der Waals surface area (Å²) in [5.41, 5.74) is 0. The average Bonchev–Trinajstić information content (AvgIpc) is 2.70. The monoisotopic (exact) mass is 579 g/mol. The van der Waals surface area contributed by atoms with Gasteiger partial charge in [0.15, 0.2) is 0 Å². The molecule has 0 radical (unpaired) electrons. The van der Waals surface area contributed by atoms with Crippen molar-refractivity contribution in [2.75, 3.05) is 37.5 Å². The van der Waals surface area contributed by atoms with E-state index in [4.69, 9.17) is 4.18 Å². The van der Waals surface area contributed by atoms with E-state index in [1.165, 1.54) is 63.5 Å². The second-order valence-corrected chi connectivity index (χ2v) is 13.8.